The standard InChI is InChI=1S/C49H62N10O7S/c1-32(2)39-8-5-6-9-40(39)42-10-7-17-58(42)35-25-49(26-35)14-18-56(19-15-49)34-23-44(66-36-22-33-13-16-50-47(33)53-28-36)46(52-27-34)48(61)54-67(64)38-11-12-41(43(24-38)59(62)63)51-29-37-30-57(20-21-65-37)45(60)31-55(3)4/h5-6,8-9,11-13,16,22-24,27-28,32,35,37,42,46,51-52H,7,10,14-15,17-21,25-26,29-31H2,1-4H3,(H,50,53)(H,54,61). The van der Waals surface area contributed by atoms with Crippen molar-refractivity contribution in [2.75, 3.05) is 71.8 Å². The molecule has 4 fully saturated rings. The number of benzene rings is 2. The summed E-state index contributed by atoms with van der Waals surface area (Å²) in [6.45, 7) is 9.15. The number of nitrogens with one attached hydrogen (secondary N) is 4. The van der Waals surface area contributed by atoms with Crippen LogP contribution in [0, 0.1) is 15.5 Å². The second-order valence-electron chi connectivity index (χ2n) is 19.3. The van der Waals surface area contributed by atoms with Crippen LogP contribution in [-0.4, -0.2) is 136 Å². The highest BCUT2D eigenvalue weighted by molar-refractivity contribution is 7.90. The van der Waals surface area contributed by atoms with E-state index in [2.05, 4.69) is 73.2 Å². The normalized spacial score (nSPS) is 22.6. The number of H-pyrrole nitrogens is 1. The van der Waals surface area contributed by atoms with Gasteiger partial charge in [0.05, 0.1) is 42.1 Å². The van der Waals surface area contributed by atoms with Crippen molar-refractivity contribution in [2.24, 2.45) is 5.41 Å². The number of pyridine rings is 1. The third kappa shape index (κ3) is 10.3. The van der Waals surface area contributed by atoms with Gasteiger partial charge in [-0.2, -0.15) is 4.72 Å². The van der Waals surface area contributed by atoms with Crippen LogP contribution in [0.2, 0.25) is 0 Å². The van der Waals surface area contributed by atoms with Crippen LogP contribution >= 0.6 is 0 Å². The number of nitrogens with zero attached hydrogens (tertiary/aromatic N) is 6. The van der Waals surface area contributed by atoms with E-state index in [1.165, 1.54) is 55.0 Å². The van der Waals surface area contributed by atoms with Gasteiger partial charge in [0, 0.05) is 68.7 Å². The maximum absolute atomic E-state index is 14.0. The van der Waals surface area contributed by atoms with Gasteiger partial charge < -0.3 is 44.3 Å². The topological polar surface area (TPSA) is 197 Å². The van der Waals surface area contributed by atoms with Crippen LogP contribution in [0.5, 0.6) is 5.75 Å². The van der Waals surface area contributed by atoms with E-state index in [4.69, 9.17) is 9.47 Å². The zero-order valence-electron chi connectivity index (χ0n) is 38.7. The van der Waals surface area contributed by atoms with Crippen molar-refractivity contribution in [2.45, 2.75) is 87.4 Å². The molecule has 0 bridgehead atoms. The van der Waals surface area contributed by atoms with Crippen molar-refractivity contribution in [3.63, 3.8) is 0 Å². The van der Waals surface area contributed by atoms with Crippen LogP contribution in [0.4, 0.5) is 11.4 Å². The number of rotatable bonds is 15. The summed E-state index contributed by atoms with van der Waals surface area (Å²) in [5.41, 5.74) is 4.76. The zero-order valence-corrected chi connectivity index (χ0v) is 39.6. The smallest absolute Gasteiger partial charge is 0.297 e. The van der Waals surface area contributed by atoms with Crippen molar-refractivity contribution >= 4 is 45.6 Å². The summed E-state index contributed by atoms with van der Waals surface area (Å²) in [6.07, 6.45) is 13.7. The molecule has 67 heavy (non-hydrogen) atoms. The van der Waals surface area contributed by atoms with Crippen LogP contribution in [0.1, 0.15) is 75.5 Å². The molecule has 1 aliphatic carbocycles. The number of morpholine rings is 1. The number of likely N-dealkylation sites (tertiary alicyclic amines) is 2. The number of likely N-dealkylation sites (N-methyl/N-ethyl adjacent to an activating group) is 1. The lowest BCUT2D eigenvalue weighted by Gasteiger charge is -2.56. The van der Waals surface area contributed by atoms with E-state index >= 15 is 0 Å². The van der Waals surface area contributed by atoms with E-state index in [-0.39, 0.29) is 41.4 Å². The minimum absolute atomic E-state index is 0.0185. The number of carbonyl (C=O) groups excluding carboxylic acids is 2. The van der Waals surface area contributed by atoms with Gasteiger partial charge in [0.1, 0.15) is 34.2 Å². The molecule has 4 unspecified atom stereocenters. The number of aromatic nitrogens is 2. The number of ether oxygens (including phenoxy) is 2. The molecule has 4 aliphatic heterocycles. The first-order valence-electron chi connectivity index (χ1n) is 23.5. The summed E-state index contributed by atoms with van der Waals surface area (Å²) in [5, 5.41) is 19.4. The highest BCUT2D eigenvalue weighted by Crippen LogP contribution is 2.54. The highest BCUT2D eigenvalue weighted by atomic mass is 32.2. The first-order chi connectivity index (χ1) is 32.3. The lowest BCUT2D eigenvalue weighted by Crippen LogP contribution is -2.55. The second-order valence-corrected chi connectivity index (χ2v) is 20.5. The predicted molar refractivity (Wildman–Crippen MR) is 256 cm³/mol. The van der Waals surface area contributed by atoms with Crippen LogP contribution in [0.15, 0.2) is 95.6 Å². The molecular weight excluding hydrogens is 873 g/mol. The van der Waals surface area contributed by atoms with Gasteiger partial charge in [0.15, 0.2) is 10.9 Å². The Hall–Kier alpha value is -5.66. The number of amides is 2. The van der Waals surface area contributed by atoms with E-state index < -0.39 is 28.2 Å². The summed E-state index contributed by atoms with van der Waals surface area (Å²) in [6, 6.07) is 16.9. The molecule has 2 aromatic heterocycles. The number of nitro groups is 1. The fourth-order valence-electron chi connectivity index (χ4n) is 10.6. The third-order valence-electron chi connectivity index (χ3n) is 14.1. The Morgan fingerprint density at radius 1 is 1.09 bits per heavy atom. The third-order valence-corrected chi connectivity index (χ3v) is 15.2. The van der Waals surface area contributed by atoms with Crippen LogP contribution in [-0.2, 0) is 25.7 Å². The fraction of sp³-hybridized carbons (Fsp3) is 0.490. The highest BCUT2D eigenvalue weighted by Gasteiger charge is 2.50. The quantitative estimate of drug-likeness (QED) is 0.0636. The molecule has 17 nitrogen and oxygen atoms in total. The number of anilines is 1. The molecule has 9 rings (SSSR count). The Morgan fingerprint density at radius 2 is 1.90 bits per heavy atom. The molecule has 0 radical (unpaired) electrons. The Bertz CT molecular complexity index is 2510. The number of carbonyl (C=O) groups is 2. The number of hydrogen-bond acceptors (Lipinski definition) is 13. The molecule has 6 heterocycles. The first-order valence-corrected chi connectivity index (χ1v) is 24.6. The van der Waals surface area contributed by atoms with Gasteiger partial charge in [-0.05, 0) is 106 Å². The van der Waals surface area contributed by atoms with Crippen LogP contribution < -0.4 is 20.1 Å². The van der Waals surface area contributed by atoms with E-state index in [1.807, 2.05) is 38.5 Å². The number of dihydropyridines is 1. The fourth-order valence-corrected chi connectivity index (χ4v) is 11.5. The summed E-state index contributed by atoms with van der Waals surface area (Å²) in [5.74, 6) is 0.569. The van der Waals surface area contributed by atoms with Gasteiger partial charge in [-0.1, -0.05) is 38.1 Å². The summed E-state index contributed by atoms with van der Waals surface area (Å²) >= 11 is -2.16. The molecule has 4 atom stereocenters. The number of aromatic amines is 1. The Morgan fingerprint density at radius 3 is 2.67 bits per heavy atom. The Kier molecular flexibility index (Phi) is 13.8. The molecule has 1 saturated carbocycles. The number of allylic oxidation sites excluding steroid dienone is 1. The van der Waals surface area contributed by atoms with Crippen molar-refractivity contribution in [3.05, 3.63) is 112 Å². The summed E-state index contributed by atoms with van der Waals surface area (Å²) in [7, 11) is 3.66. The molecule has 3 saturated heterocycles. The Labute approximate surface area is 394 Å². The second kappa shape index (κ2) is 19.9. The van der Waals surface area contributed by atoms with Gasteiger partial charge in [0.25, 0.3) is 11.6 Å². The van der Waals surface area contributed by atoms with Gasteiger partial charge in [-0.15, -0.1) is 0 Å². The Balaban J connectivity index is 0.844. The molecule has 2 amide bonds. The predicted octanol–water partition coefficient (Wildman–Crippen LogP) is 5.79. The molecule has 4 aromatic rings. The zero-order chi connectivity index (χ0) is 46.8. The maximum atomic E-state index is 14.0. The molecule has 5 aliphatic rings. The van der Waals surface area contributed by atoms with Crippen molar-refractivity contribution < 1.29 is 28.5 Å². The van der Waals surface area contributed by atoms with Crippen molar-refractivity contribution in [1.29, 1.82) is 0 Å². The summed E-state index contributed by atoms with van der Waals surface area (Å²) < 4.78 is 28.6. The number of nitro benzene ring substituents is 1. The maximum Gasteiger partial charge on any atom is 0.297 e. The monoisotopic (exact) mass is 934 g/mol. The average molecular weight is 935 g/mol. The van der Waals surface area contributed by atoms with Gasteiger partial charge in [-0.25, -0.2) is 4.98 Å². The molecular formula is C49H62N10O7S. The molecule has 2 aromatic carbocycles. The lowest BCUT2D eigenvalue weighted by molar-refractivity contribution is -0.384. The molecule has 1 spiro atoms. The van der Waals surface area contributed by atoms with E-state index in [9.17, 15) is 24.3 Å². The van der Waals surface area contributed by atoms with Gasteiger partial charge in [0.2, 0.25) is 5.91 Å². The SMILES string of the molecule is CC(C)c1ccccc1C1CCCN1C1CC2(CCN(C3=CNC(C(=O)N[S+]([O-])c4ccc(NCC5CN(C(=O)CN(C)C)CCO5)c([N+](=O)[O-])c4)C(Oc4cnc5[nH]ccc5c4)=C3)CC2)C1. The van der Waals surface area contributed by atoms with Crippen molar-refractivity contribution in [3.8, 4) is 5.75 Å². The largest absolute Gasteiger partial charge is 0.588 e. The molecule has 18 heteroatoms. The molecule has 356 valence electrons. The average Bonchev–Trinajstić information content (AvgIpc) is 4.00. The van der Waals surface area contributed by atoms with Crippen LogP contribution in [0.25, 0.3) is 11.0 Å². The van der Waals surface area contributed by atoms with Crippen LogP contribution in [0.3, 0.4) is 0 Å². The first kappa shape index (κ1) is 46.5. The summed E-state index contributed by atoms with van der Waals surface area (Å²) in [4.78, 5) is 54.6. The van der Waals surface area contributed by atoms with E-state index in [0.717, 1.165) is 43.6 Å². The number of fused-ring (bicyclic) bond motifs is 1. The minimum Gasteiger partial charge on any atom is -0.588 e. The molecule has 4 N–H and O–H groups in total. The van der Waals surface area contributed by atoms with Gasteiger partial charge >= 0.3 is 0 Å². The number of hydrogen-bond donors (Lipinski definition) is 4. The number of piperidine rings is 1. The lowest BCUT2D eigenvalue weighted by atomic mass is 9.59. The van der Waals surface area contributed by atoms with Crippen molar-refractivity contribution in [1.82, 2.24) is 39.6 Å². The van der Waals surface area contributed by atoms with Gasteiger partial charge in [-0.3, -0.25) is 24.6 Å². The van der Waals surface area contributed by atoms with E-state index in [0.29, 0.717) is 60.3 Å². The minimum atomic E-state index is -2.16. The van der Waals surface area contributed by atoms with E-state index in [1.54, 1.807) is 22.2 Å².